The molecule has 0 saturated heterocycles. The molecule has 22 heavy (non-hydrogen) atoms. The molecule has 0 aliphatic rings. The average Bonchev–Trinajstić information content (AvgIpc) is 2.41. The molecule has 0 aliphatic carbocycles. The molecule has 0 unspecified atom stereocenters. The zero-order valence-corrected chi connectivity index (χ0v) is 14.6. The van der Waals surface area contributed by atoms with Crippen molar-refractivity contribution in [2.24, 2.45) is 4.99 Å². The highest BCUT2D eigenvalue weighted by Crippen LogP contribution is 2.05. The molecule has 0 aromatic heterocycles. The number of nitrogens with zero attached hydrogens (tertiary/aromatic N) is 1. The molecule has 0 aromatic carbocycles. The summed E-state index contributed by atoms with van der Waals surface area (Å²) in [5.41, 5.74) is -0.478. The van der Waals surface area contributed by atoms with Gasteiger partial charge in [-0.05, 0) is 41.0 Å². The molecule has 0 spiro atoms. The number of alkyl carbamates (subject to hydrolysis) is 1. The van der Waals surface area contributed by atoms with E-state index in [9.17, 15) is 4.79 Å². The van der Waals surface area contributed by atoms with Gasteiger partial charge in [-0.1, -0.05) is 0 Å². The summed E-state index contributed by atoms with van der Waals surface area (Å²) in [6.45, 7) is 13.5. The molecule has 0 heterocycles. The van der Waals surface area contributed by atoms with Crippen LogP contribution in [0.2, 0.25) is 0 Å². The smallest absolute Gasteiger partial charge is 0.407 e. The van der Waals surface area contributed by atoms with E-state index in [1.807, 2.05) is 34.6 Å². The highest BCUT2D eigenvalue weighted by molar-refractivity contribution is 5.79. The molecule has 1 amide bonds. The number of carbonyl (C=O) groups excluding carboxylic acids is 1. The average molecular weight is 316 g/mol. The standard InChI is InChI=1S/C15H32N4O3/c1-6-16-13(17-9-8-12-21-7-2)18-10-11-19-14(20)22-15(3,4)5/h6-12H2,1-5H3,(H,19,20)(H2,16,17,18). The van der Waals surface area contributed by atoms with Crippen LogP contribution in [0.1, 0.15) is 41.0 Å². The molecule has 7 heteroatoms. The maximum Gasteiger partial charge on any atom is 0.407 e. The molecule has 0 rings (SSSR count). The van der Waals surface area contributed by atoms with Crippen LogP contribution in [-0.4, -0.2) is 57.0 Å². The lowest BCUT2D eigenvalue weighted by atomic mass is 10.2. The summed E-state index contributed by atoms with van der Waals surface area (Å²) >= 11 is 0. The minimum Gasteiger partial charge on any atom is -0.444 e. The summed E-state index contributed by atoms with van der Waals surface area (Å²) in [6.07, 6.45) is 0.480. The summed E-state index contributed by atoms with van der Waals surface area (Å²) in [4.78, 5) is 15.9. The molecule has 0 aromatic rings. The van der Waals surface area contributed by atoms with Crippen molar-refractivity contribution in [3.05, 3.63) is 0 Å². The van der Waals surface area contributed by atoms with E-state index in [2.05, 4.69) is 20.9 Å². The Balaban J connectivity index is 3.89. The topological polar surface area (TPSA) is 84.0 Å². The van der Waals surface area contributed by atoms with Gasteiger partial charge >= 0.3 is 6.09 Å². The van der Waals surface area contributed by atoms with Crippen LogP contribution in [0.25, 0.3) is 0 Å². The SMILES string of the molecule is CCNC(=NCCCOCC)NCCNC(=O)OC(C)(C)C. The van der Waals surface area contributed by atoms with E-state index in [4.69, 9.17) is 9.47 Å². The van der Waals surface area contributed by atoms with Crippen molar-refractivity contribution in [3.63, 3.8) is 0 Å². The first-order chi connectivity index (χ1) is 10.4. The predicted molar refractivity (Wildman–Crippen MR) is 89.3 cm³/mol. The second-order valence-electron chi connectivity index (χ2n) is 5.67. The van der Waals surface area contributed by atoms with Gasteiger partial charge in [0.1, 0.15) is 5.60 Å². The Labute approximate surface area is 134 Å². The Kier molecular flexibility index (Phi) is 11.3. The van der Waals surface area contributed by atoms with Crippen molar-refractivity contribution in [3.8, 4) is 0 Å². The third-order valence-corrected chi connectivity index (χ3v) is 2.35. The molecule has 0 saturated carbocycles. The van der Waals surface area contributed by atoms with Crippen molar-refractivity contribution in [2.45, 2.75) is 46.6 Å². The monoisotopic (exact) mass is 316 g/mol. The van der Waals surface area contributed by atoms with Gasteiger partial charge < -0.3 is 25.4 Å². The maximum atomic E-state index is 11.5. The van der Waals surface area contributed by atoms with Gasteiger partial charge in [0.2, 0.25) is 0 Å². The van der Waals surface area contributed by atoms with Gasteiger partial charge in [-0.3, -0.25) is 4.99 Å². The highest BCUT2D eigenvalue weighted by atomic mass is 16.6. The molecule has 0 atom stereocenters. The van der Waals surface area contributed by atoms with Crippen molar-refractivity contribution in [1.82, 2.24) is 16.0 Å². The minimum absolute atomic E-state index is 0.409. The van der Waals surface area contributed by atoms with Crippen LogP contribution in [0.5, 0.6) is 0 Å². The van der Waals surface area contributed by atoms with Gasteiger partial charge in [0.15, 0.2) is 5.96 Å². The third kappa shape index (κ3) is 13.5. The zero-order valence-electron chi connectivity index (χ0n) is 14.6. The number of amides is 1. The van der Waals surface area contributed by atoms with Crippen molar-refractivity contribution >= 4 is 12.1 Å². The summed E-state index contributed by atoms with van der Waals surface area (Å²) in [5, 5.41) is 9.01. The van der Waals surface area contributed by atoms with Crippen LogP contribution in [0.4, 0.5) is 4.79 Å². The lowest BCUT2D eigenvalue weighted by Crippen LogP contribution is -2.42. The lowest BCUT2D eigenvalue weighted by molar-refractivity contribution is 0.0529. The van der Waals surface area contributed by atoms with E-state index >= 15 is 0 Å². The Hall–Kier alpha value is -1.50. The van der Waals surface area contributed by atoms with Gasteiger partial charge in [0.25, 0.3) is 0 Å². The number of nitrogens with one attached hydrogen (secondary N) is 3. The van der Waals surface area contributed by atoms with E-state index < -0.39 is 11.7 Å². The first kappa shape index (κ1) is 20.5. The number of guanidine groups is 1. The fourth-order valence-corrected chi connectivity index (χ4v) is 1.50. The molecule has 0 fully saturated rings. The summed E-state index contributed by atoms with van der Waals surface area (Å²) < 4.78 is 10.4. The lowest BCUT2D eigenvalue weighted by Gasteiger charge is -2.19. The van der Waals surface area contributed by atoms with Crippen LogP contribution in [0.15, 0.2) is 4.99 Å². The van der Waals surface area contributed by atoms with Crippen LogP contribution in [-0.2, 0) is 9.47 Å². The Bertz CT molecular complexity index is 327. The molecule has 0 bridgehead atoms. The Morgan fingerprint density at radius 2 is 1.77 bits per heavy atom. The van der Waals surface area contributed by atoms with E-state index in [1.165, 1.54) is 0 Å². The van der Waals surface area contributed by atoms with E-state index in [1.54, 1.807) is 0 Å². The van der Waals surface area contributed by atoms with Crippen LogP contribution in [0, 0.1) is 0 Å². The van der Waals surface area contributed by atoms with E-state index in [-0.39, 0.29) is 0 Å². The van der Waals surface area contributed by atoms with Gasteiger partial charge in [0, 0.05) is 39.4 Å². The molecule has 130 valence electrons. The third-order valence-electron chi connectivity index (χ3n) is 2.35. The Morgan fingerprint density at radius 3 is 2.36 bits per heavy atom. The number of hydrogen-bond donors (Lipinski definition) is 3. The number of hydrogen-bond acceptors (Lipinski definition) is 4. The second kappa shape index (κ2) is 12.1. The first-order valence-electron chi connectivity index (χ1n) is 7.95. The quantitative estimate of drug-likeness (QED) is 0.341. The largest absolute Gasteiger partial charge is 0.444 e. The number of carbonyl (C=O) groups is 1. The summed E-state index contributed by atoms with van der Waals surface area (Å²) in [7, 11) is 0. The second-order valence-corrected chi connectivity index (χ2v) is 5.67. The molecule has 0 aliphatic heterocycles. The summed E-state index contributed by atoms with van der Waals surface area (Å²) in [6, 6.07) is 0. The zero-order chi connectivity index (χ0) is 16.8. The van der Waals surface area contributed by atoms with E-state index in [0.29, 0.717) is 19.6 Å². The normalized spacial score (nSPS) is 12.0. The van der Waals surface area contributed by atoms with Gasteiger partial charge in [-0.15, -0.1) is 0 Å². The number of rotatable bonds is 9. The highest BCUT2D eigenvalue weighted by Gasteiger charge is 2.15. The van der Waals surface area contributed by atoms with Crippen molar-refractivity contribution in [1.29, 1.82) is 0 Å². The van der Waals surface area contributed by atoms with Crippen LogP contribution >= 0.6 is 0 Å². The predicted octanol–water partition coefficient (Wildman–Crippen LogP) is 1.49. The maximum absolute atomic E-state index is 11.5. The molecule has 3 N–H and O–H groups in total. The molecular weight excluding hydrogens is 284 g/mol. The van der Waals surface area contributed by atoms with Crippen molar-refractivity contribution < 1.29 is 14.3 Å². The summed E-state index contributed by atoms with van der Waals surface area (Å²) in [5.74, 6) is 0.741. The molecule has 7 nitrogen and oxygen atoms in total. The van der Waals surface area contributed by atoms with Gasteiger partial charge in [0.05, 0.1) is 0 Å². The minimum atomic E-state index is -0.478. The van der Waals surface area contributed by atoms with E-state index in [0.717, 1.165) is 32.1 Å². The number of aliphatic imine (C=N–C) groups is 1. The van der Waals surface area contributed by atoms with Crippen LogP contribution in [0.3, 0.4) is 0 Å². The fraction of sp³-hybridized carbons (Fsp3) is 0.867. The van der Waals surface area contributed by atoms with Gasteiger partial charge in [-0.2, -0.15) is 0 Å². The molecular formula is C15H32N4O3. The van der Waals surface area contributed by atoms with Gasteiger partial charge in [-0.25, -0.2) is 4.79 Å². The van der Waals surface area contributed by atoms with Crippen LogP contribution < -0.4 is 16.0 Å². The Morgan fingerprint density at radius 1 is 1.09 bits per heavy atom. The number of ether oxygens (including phenoxy) is 2. The fourth-order valence-electron chi connectivity index (χ4n) is 1.50. The first-order valence-corrected chi connectivity index (χ1v) is 7.95. The van der Waals surface area contributed by atoms with Crippen molar-refractivity contribution in [2.75, 3.05) is 39.4 Å². The molecule has 0 radical (unpaired) electrons.